The number of carboxylic acids is 1. The quantitative estimate of drug-likeness (QED) is 0.110. The molecule has 0 heterocycles. The van der Waals surface area contributed by atoms with E-state index in [4.69, 9.17) is 9.84 Å². The van der Waals surface area contributed by atoms with E-state index >= 15 is 0 Å². The SMILES string of the molecule is CCCCCCCCCCCCCC(=O)OC(CCCCCCC)CCCCCC(=O)O. The van der Waals surface area contributed by atoms with Crippen LogP contribution in [-0.4, -0.2) is 23.1 Å². The van der Waals surface area contributed by atoms with Crippen LogP contribution < -0.4 is 0 Å². The highest BCUT2D eigenvalue weighted by molar-refractivity contribution is 5.69. The second-order valence-corrected chi connectivity index (χ2v) is 9.59. The Labute approximate surface area is 199 Å². The Morgan fingerprint density at radius 3 is 1.41 bits per heavy atom. The largest absolute Gasteiger partial charge is 0.481 e. The summed E-state index contributed by atoms with van der Waals surface area (Å²) in [5.41, 5.74) is 0. The number of carbonyl (C=O) groups excluding carboxylic acids is 1. The number of hydrogen-bond donors (Lipinski definition) is 1. The second-order valence-electron chi connectivity index (χ2n) is 9.59. The highest BCUT2D eigenvalue weighted by atomic mass is 16.5. The van der Waals surface area contributed by atoms with Crippen LogP contribution >= 0.6 is 0 Å². The van der Waals surface area contributed by atoms with Crippen LogP contribution in [0.2, 0.25) is 0 Å². The van der Waals surface area contributed by atoms with E-state index in [1.165, 1.54) is 83.5 Å². The third kappa shape index (κ3) is 23.6. The Kier molecular flexibility index (Phi) is 23.8. The molecule has 0 aliphatic heterocycles. The fraction of sp³-hybridized carbons (Fsp3) is 0.929. The molecule has 4 heteroatoms. The van der Waals surface area contributed by atoms with Crippen LogP contribution in [0.15, 0.2) is 0 Å². The van der Waals surface area contributed by atoms with E-state index in [-0.39, 0.29) is 18.5 Å². The van der Waals surface area contributed by atoms with Gasteiger partial charge in [0.25, 0.3) is 0 Å². The highest BCUT2D eigenvalue weighted by Crippen LogP contribution is 2.18. The summed E-state index contributed by atoms with van der Waals surface area (Å²) in [6, 6.07) is 0. The molecule has 0 saturated carbocycles. The summed E-state index contributed by atoms with van der Waals surface area (Å²) in [6.07, 6.45) is 25.4. The van der Waals surface area contributed by atoms with Crippen molar-refractivity contribution in [1.82, 2.24) is 0 Å². The average molecular weight is 455 g/mol. The first-order valence-corrected chi connectivity index (χ1v) is 14.0. The topological polar surface area (TPSA) is 63.6 Å². The molecule has 0 rings (SSSR count). The van der Waals surface area contributed by atoms with E-state index in [1.54, 1.807) is 0 Å². The fourth-order valence-electron chi connectivity index (χ4n) is 4.24. The normalized spacial score (nSPS) is 12.1. The molecule has 32 heavy (non-hydrogen) atoms. The van der Waals surface area contributed by atoms with E-state index < -0.39 is 5.97 Å². The Balaban J connectivity index is 3.88. The molecule has 0 radical (unpaired) electrons. The molecule has 1 unspecified atom stereocenters. The molecule has 0 spiro atoms. The van der Waals surface area contributed by atoms with E-state index in [1.807, 2.05) is 0 Å². The van der Waals surface area contributed by atoms with Gasteiger partial charge in [-0.1, -0.05) is 110 Å². The molecule has 0 aromatic carbocycles. The number of aliphatic carboxylic acids is 1. The zero-order valence-corrected chi connectivity index (χ0v) is 21.5. The van der Waals surface area contributed by atoms with Gasteiger partial charge < -0.3 is 9.84 Å². The van der Waals surface area contributed by atoms with Crippen LogP contribution in [0, 0.1) is 0 Å². The van der Waals surface area contributed by atoms with Crippen LogP contribution in [0.25, 0.3) is 0 Å². The summed E-state index contributed by atoms with van der Waals surface area (Å²) in [7, 11) is 0. The number of hydrogen-bond acceptors (Lipinski definition) is 3. The molecule has 0 bridgehead atoms. The summed E-state index contributed by atoms with van der Waals surface area (Å²) >= 11 is 0. The van der Waals surface area contributed by atoms with Crippen molar-refractivity contribution >= 4 is 11.9 Å². The van der Waals surface area contributed by atoms with Crippen LogP contribution in [0.1, 0.15) is 162 Å². The predicted octanol–water partition coefficient (Wildman–Crippen LogP) is 8.99. The van der Waals surface area contributed by atoms with Gasteiger partial charge in [-0.2, -0.15) is 0 Å². The van der Waals surface area contributed by atoms with Crippen molar-refractivity contribution in [2.24, 2.45) is 0 Å². The smallest absolute Gasteiger partial charge is 0.306 e. The maximum atomic E-state index is 12.3. The van der Waals surface area contributed by atoms with Crippen LogP contribution in [-0.2, 0) is 14.3 Å². The summed E-state index contributed by atoms with van der Waals surface area (Å²) < 4.78 is 5.82. The lowest BCUT2D eigenvalue weighted by Crippen LogP contribution is -2.18. The number of ether oxygens (including phenoxy) is 1. The van der Waals surface area contributed by atoms with E-state index in [0.717, 1.165) is 44.9 Å². The van der Waals surface area contributed by atoms with Crippen molar-refractivity contribution in [2.75, 3.05) is 0 Å². The summed E-state index contributed by atoms with van der Waals surface area (Å²) in [5, 5.41) is 8.76. The van der Waals surface area contributed by atoms with Gasteiger partial charge in [-0.25, -0.2) is 0 Å². The van der Waals surface area contributed by atoms with Gasteiger partial charge in [0.1, 0.15) is 6.10 Å². The second kappa shape index (κ2) is 24.6. The Hall–Kier alpha value is -1.06. The van der Waals surface area contributed by atoms with Crippen LogP contribution in [0.3, 0.4) is 0 Å². The van der Waals surface area contributed by atoms with Crippen molar-refractivity contribution in [1.29, 1.82) is 0 Å². The van der Waals surface area contributed by atoms with Gasteiger partial charge in [-0.05, 0) is 38.5 Å². The van der Waals surface area contributed by atoms with Crippen molar-refractivity contribution in [3.8, 4) is 0 Å². The van der Waals surface area contributed by atoms with Gasteiger partial charge in [0, 0.05) is 12.8 Å². The minimum absolute atomic E-state index is 0.0154. The average Bonchev–Trinajstić information content (AvgIpc) is 2.76. The number of carboxylic acid groups (broad SMARTS) is 1. The van der Waals surface area contributed by atoms with Crippen molar-refractivity contribution in [3.63, 3.8) is 0 Å². The molecular weight excluding hydrogens is 400 g/mol. The molecule has 0 aliphatic carbocycles. The number of esters is 1. The van der Waals surface area contributed by atoms with Gasteiger partial charge in [0.2, 0.25) is 0 Å². The van der Waals surface area contributed by atoms with E-state index in [0.29, 0.717) is 12.8 Å². The van der Waals surface area contributed by atoms with Gasteiger partial charge in [0.15, 0.2) is 0 Å². The monoisotopic (exact) mass is 454 g/mol. The lowest BCUT2D eigenvalue weighted by atomic mass is 10.0. The highest BCUT2D eigenvalue weighted by Gasteiger charge is 2.14. The van der Waals surface area contributed by atoms with Crippen molar-refractivity contribution < 1.29 is 19.4 Å². The maximum Gasteiger partial charge on any atom is 0.306 e. The van der Waals surface area contributed by atoms with Gasteiger partial charge in [-0.3, -0.25) is 9.59 Å². The first-order valence-electron chi connectivity index (χ1n) is 14.0. The van der Waals surface area contributed by atoms with E-state index in [2.05, 4.69) is 13.8 Å². The van der Waals surface area contributed by atoms with Gasteiger partial charge in [0.05, 0.1) is 0 Å². The molecule has 0 saturated heterocycles. The molecule has 1 atom stereocenters. The molecule has 0 amide bonds. The lowest BCUT2D eigenvalue weighted by Gasteiger charge is -2.18. The summed E-state index contributed by atoms with van der Waals surface area (Å²) in [4.78, 5) is 23.0. The Morgan fingerprint density at radius 2 is 0.938 bits per heavy atom. The lowest BCUT2D eigenvalue weighted by molar-refractivity contribution is -0.150. The van der Waals surface area contributed by atoms with Gasteiger partial charge in [-0.15, -0.1) is 0 Å². The number of unbranched alkanes of at least 4 members (excludes halogenated alkanes) is 16. The summed E-state index contributed by atoms with van der Waals surface area (Å²) in [5.74, 6) is -0.763. The molecule has 190 valence electrons. The minimum Gasteiger partial charge on any atom is -0.481 e. The standard InChI is InChI=1S/C28H54O4/c1-3-5-7-9-10-11-12-13-14-16-21-25-28(31)32-26(22-18-15-8-6-4-2)23-19-17-20-24-27(29)30/h26H,3-25H2,1-2H3,(H,29,30). The molecule has 4 nitrogen and oxygen atoms in total. The number of carbonyl (C=O) groups is 2. The molecule has 1 N–H and O–H groups in total. The Morgan fingerprint density at radius 1 is 0.562 bits per heavy atom. The maximum absolute atomic E-state index is 12.3. The summed E-state index contributed by atoms with van der Waals surface area (Å²) in [6.45, 7) is 4.48. The minimum atomic E-state index is -0.726. The third-order valence-electron chi connectivity index (χ3n) is 6.33. The molecule has 0 aliphatic rings. The van der Waals surface area contributed by atoms with E-state index in [9.17, 15) is 9.59 Å². The van der Waals surface area contributed by atoms with Crippen LogP contribution in [0.4, 0.5) is 0 Å². The predicted molar refractivity (Wildman–Crippen MR) is 135 cm³/mol. The first kappa shape index (κ1) is 30.9. The first-order chi connectivity index (χ1) is 15.6. The van der Waals surface area contributed by atoms with Crippen molar-refractivity contribution in [3.05, 3.63) is 0 Å². The zero-order chi connectivity index (χ0) is 23.7. The third-order valence-corrected chi connectivity index (χ3v) is 6.33. The fourth-order valence-corrected chi connectivity index (χ4v) is 4.24. The molecule has 0 aromatic rings. The van der Waals surface area contributed by atoms with Crippen molar-refractivity contribution in [2.45, 2.75) is 168 Å². The van der Waals surface area contributed by atoms with Gasteiger partial charge >= 0.3 is 11.9 Å². The number of rotatable bonds is 25. The zero-order valence-electron chi connectivity index (χ0n) is 21.5. The van der Waals surface area contributed by atoms with Crippen LogP contribution in [0.5, 0.6) is 0 Å². The molecule has 0 aromatic heterocycles. The molecular formula is C28H54O4. The Bertz CT molecular complexity index is 422. The molecule has 0 fully saturated rings.